The van der Waals surface area contributed by atoms with Crippen molar-refractivity contribution in [3.05, 3.63) is 0 Å². The Morgan fingerprint density at radius 1 is 0.917 bits per heavy atom. The Hall–Kier alpha value is -1.48. The van der Waals surface area contributed by atoms with Crippen molar-refractivity contribution < 1.29 is 47.1 Å². The maximum Gasteiger partial charge on any atom is 0.473 e. The standard InChI is InChI=1S/C13H23O10P/c1-5-20-10(14)8-13(12(16)22-7-3,9-11(15)21-6-2)23-24(17,18)19-4/h5-9H2,1-4H3,(H,17,18). The van der Waals surface area contributed by atoms with E-state index in [1.807, 2.05) is 0 Å². The number of ether oxygens (including phenoxy) is 3. The zero-order valence-electron chi connectivity index (χ0n) is 14.1. The van der Waals surface area contributed by atoms with Gasteiger partial charge >= 0.3 is 25.7 Å². The topological polar surface area (TPSA) is 135 Å². The zero-order valence-corrected chi connectivity index (χ0v) is 15.0. The molecule has 0 aromatic rings. The van der Waals surface area contributed by atoms with Crippen LogP contribution in [0, 0.1) is 0 Å². The lowest BCUT2D eigenvalue weighted by atomic mass is 9.95. The molecule has 0 heterocycles. The molecule has 24 heavy (non-hydrogen) atoms. The Morgan fingerprint density at radius 3 is 1.67 bits per heavy atom. The summed E-state index contributed by atoms with van der Waals surface area (Å²) < 4.78 is 35.1. The zero-order chi connectivity index (χ0) is 18.8. The second-order valence-corrected chi connectivity index (χ2v) is 5.91. The summed E-state index contributed by atoms with van der Waals surface area (Å²) in [5.74, 6) is -3.03. The first-order chi connectivity index (χ1) is 11.2. The number of phosphoric ester groups is 1. The van der Waals surface area contributed by atoms with Gasteiger partial charge in [0.25, 0.3) is 0 Å². The van der Waals surface area contributed by atoms with Gasteiger partial charge in [0.05, 0.1) is 32.7 Å². The van der Waals surface area contributed by atoms with E-state index in [-0.39, 0.29) is 19.8 Å². The molecule has 140 valence electrons. The molecule has 0 spiro atoms. The second kappa shape index (κ2) is 10.4. The second-order valence-electron chi connectivity index (χ2n) is 4.42. The first-order valence-corrected chi connectivity index (χ1v) is 8.73. The van der Waals surface area contributed by atoms with Crippen LogP contribution in [0.25, 0.3) is 0 Å². The molecule has 1 atom stereocenters. The van der Waals surface area contributed by atoms with Crippen LogP contribution in [0.15, 0.2) is 0 Å². The molecule has 0 aliphatic carbocycles. The number of hydrogen-bond donors (Lipinski definition) is 1. The van der Waals surface area contributed by atoms with Crippen molar-refractivity contribution in [1.82, 2.24) is 0 Å². The van der Waals surface area contributed by atoms with Crippen molar-refractivity contribution in [2.24, 2.45) is 0 Å². The predicted octanol–water partition coefficient (Wildman–Crippen LogP) is 0.958. The third-order valence-corrected chi connectivity index (χ3v) is 3.68. The highest BCUT2D eigenvalue weighted by atomic mass is 31.2. The third-order valence-electron chi connectivity index (χ3n) is 2.64. The minimum Gasteiger partial charge on any atom is -0.466 e. The molecule has 0 bridgehead atoms. The summed E-state index contributed by atoms with van der Waals surface area (Å²) in [4.78, 5) is 45.5. The number of carbonyl (C=O) groups is 3. The van der Waals surface area contributed by atoms with Gasteiger partial charge in [0.1, 0.15) is 0 Å². The first-order valence-electron chi connectivity index (χ1n) is 7.24. The van der Waals surface area contributed by atoms with E-state index in [9.17, 15) is 23.8 Å². The fourth-order valence-electron chi connectivity index (χ4n) is 1.72. The highest BCUT2D eigenvalue weighted by molar-refractivity contribution is 7.47. The Bertz CT molecular complexity index is 469. The summed E-state index contributed by atoms with van der Waals surface area (Å²) in [7, 11) is -3.87. The molecule has 10 nitrogen and oxygen atoms in total. The molecule has 0 aliphatic heterocycles. The van der Waals surface area contributed by atoms with Gasteiger partial charge in [0.2, 0.25) is 0 Å². The minimum atomic E-state index is -4.74. The number of phosphoric acid groups is 1. The number of rotatable bonds is 11. The lowest BCUT2D eigenvalue weighted by Gasteiger charge is -2.30. The SMILES string of the molecule is CCOC(=O)CC(CC(=O)OCC)(OP(=O)(O)OC)C(=O)OCC. The third kappa shape index (κ3) is 7.39. The van der Waals surface area contributed by atoms with Crippen LogP contribution in [-0.2, 0) is 42.2 Å². The lowest BCUT2D eigenvalue weighted by molar-refractivity contribution is -0.175. The Balaban J connectivity index is 5.78. The molecule has 0 aromatic carbocycles. The van der Waals surface area contributed by atoms with E-state index in [1.54, 1.807) is 0 Å². The average molecular weight is 370 g/mol. The van der Waals surface area contributed by atoms with Gasteiger partial charge in [-0.25, -0.2) is 9.36 Å². The van der Waals surface area contributed by atoms with E-state index >= 15 is 0 Å². The highest BCUT2D eigenvalue weighted by Crippen LogP contribution is 2.49. The van der Waals surface area contributed by atoms with Gasteiger partial charge in [-0.15, -0.1) is 0 Å². The van der Waals surface area contributed by atoms with Gasteiger partial charge in [0.15, 0.2) is 5.60 Å². The molecule has 0 aromatic heterocycles. The van der Waals surface area contributed by atoms with Crippen LogP contribution >= 0.6 is 7.82 Å². The lowest BCUT2D eigenvalue weighted by Crippen LogP contribution is -2.46. The summed E-state index contributed by atoms with van der Waals surface area (Å²) in [6.45, 7) is 4.42. The van der Waals surface area contributed by atoms with Crippen LogP contribution in [0.5, 0.6) is 0 Å². The fourth-order valence-corrected chi connectivity index (χ4v) is 2.44. The minimum absolute atomic E-state index is 0.00178. The van der Waals surface area contributed by atoms with Crippen molar-refractivity contribution in [3.63, 3.8) is 0 Å². The number of hydrogen-bond acceptors (Lipinski definition) is 9. The Morgan fingerprint density at radius 2 is 1.33 bits per heavy atom. The van der Waals surface area contributed by atoms with E-state index in [2.05, 4.69) is 4.52 Å². The predicted molar refractivity (Wildman–Crippen MR) is 79.8 cm³/mol. The Kier molecular flexibility index (Phi) is 9.76. The van der Waals surface area contributed by atoms with Crippen LogP contribution in [0.1, 0.15) is 33.6 Å². The van der Waals surface area contributed by atoms with Crippen LogP contribution in [0.3, 0.4) is 0 Å². The monoisotopic (exact) mass is 370 g/mol. The van der Waals surface area contributed by atoms with E-state index < -0.39 is 44.2 Å². The summed E-state index contributed by atoms with van der Waals surface area (Å²) in [6, 6.07) is 0. The molecule has 11 heteroatoms. The summed E-state index contributed by atoms with van der Waals surface area (Å²) in [6.07, 6.45) is -1.65. The van der Waals surface area contributed by atoms with Crippen molar-refractivity contribution in [3.8, 4) is 0 Å². The maximum absolute atomic E-state index is 12.3. The van der Waals surface area contributed by atoms with Gasteiger partial charge in [-0.2, -0.15) is 0 Å². The number of esters is 3. The van der Waals surface area contributed by atoms with E-state index in [0.29, 0.717) is 0 Å². The van der Waals surface area contributed by atoms with E-state index in [0.717, 1.165) is 7.11 Å². The molecule has 0 radical (unpaired) electrons. The number of carbonyl (C=O) groups excluding carboxylic acids is 3. The van der Waals surface area contributed by atoms with Gasteiger partial charge in [-0.3, -0.25) is 18.6 Å². The molecule has 0 fully saturated rings. The van der Waals surface area contributed by atoms with E-state index in [1.165, 1.54) is 20.8 Å². The molecule has 1 N–H and O–H groups in total. The van der Waals surface area contributed by atoms with Crippen molar-refractivity contribution in [1.29, 1.82) is 0 Å². The van der Waals surface area contributed by atoms with E-state index in [4.69, 9.17) is 18.7 Å². The summed E-state index contributed by atoms with van der Waals surface area (Å²) in [5, 5.41) is 0. The molecular formula is C13H23O10P. The molecule has 0 aliphatic rings. The van der Waals surface area contributed by atoms with Crippen LogP contribution in [0.2, 0.25) is 0 Å². The molecule has 0 amide bonds. The normalized spacial score (nSPS) is 13.7. The van der Waals surface area contributed by atoms with Crippen molar-refractivity contribution in [2.75, 3.05) is 26.9 Å². The average Bonchev–Trinajstić information content (AvgIpc) is 2.47. The Labute approximate surface area is 140 Å². The summed E-state index contributed by atoms with van der Waals surface area (Å²) >= 11 is 0. The molecular weight excluding hydrogens is 347 g/mol. The van der Waals surface area contributed by atoms with Crippen LogP contribution in [0.4, 0.5) is 0 Å². The maximum atomic E-state index is 12.3. The molecule has 0 saturated heterocycles. The van der Waals surface area contributed by atoms with Gasteiger partial charge in [0, 0.05) is 7.11 Å². The highest BCUT2D eigenvalue weighted by Gasteiger charge is 2.51. The quantitative estimate of drug-likeness (QED) is 0.318. The molecule has 0 saturated carbocycles. The summed E-state index contributed by atoms with van der Waals surface area (Å²) in [5.41, 5.74) is -2.41. The fraction of sp³-hybridized carbons (Fsp3) is 0.769. The van der Waals surface area contributed by atoms with Gasteiger partial charge in [-0.05, 0) is 20.8 Å². The smallest absolute Gasteiger partial charge is 0.466 e. The van der Waals surface area contributed by atoms with Crippen molar-refractivity contribution in [2.45, 2.75) is 39.2 Å². The van der Waals surface area contributed by atoms with Gasteiger partial charge < -0.3 is 19.1 Å². The van der Waals surface area contributed by atoms with Crippen molar-refractivity contribution >= 4 is 25.7 Å². The van der Waals surface area contributed by atoms with Crippen LogP contribution < -0.4 is 0 Å². The largest absolute Gasteiger partial charge is 0.473 e. The van der Waals surface area contributed by atoms with Crippen LogP contribution in [-0.4, -0.2) is 55.3 Å². The first kappa shape index (κ1) is 22.5. The van der Waals surface area contributed by atoms with Gasteiger partial charge in [-0.1, -0.05) is 0 Å². The molecule has 0 rings (SSSR count). The molecule has 1 unspecified atom stereocenters.